The molecule has 5 heterocycles. The van der Waals surface area contributed by atoms with E-state index in [1.165, 1.54) is 42.8 Å². The minimum atomic E-state index is 0.515. The third-order valence-corrected chi connectivity index (χ3v) is 14.5. The number of benzene rings is 10. The lowest BCUT2D eigenvalue weighted by Crippen LogP contribution is -2.07. The molecular formula is C64H44N4O2S. The van der Waals surface area contributed by atoms with E-state index in [9.17, 15) is 0 Å². The maximum absolute atomic E-state index is 6.41. The Bertz CT molecular complexity index is 4460. The minimum Gasteiger partial charge on any atom is -0.456 e. The lowest BCUT2D eigenvalue weighted by molar-refractivity contribution is 0.668. The van der Waals surface area contributed by atoms with Gasteiger partial charge in [0.1, 0.15) is 22.3 Å². The zero-order chi connectivity index (χ0) is 47.7. The van der Waals surface area contributed by atoms with E-state index in [0.717, 1.165) is 93.3 Å². The van der Waals surface area contributed by atoms with Crippen molar-refractivity contribution in [2.24, 2.45) is 0 Å². The molecule has 0 aliphatic heterocycles. The number of aromatic nitrogens is 4. The molecule has 10 aromatic carbocycles. The van der Waals surface area contributed by atoms with E-state index in [0.29, 0.717) is 17.6 Å². The van der Waals surface area contributed by atoms with E-state index >= 15 is 0 Å². The molecule has 0 unspecified atom stereocenters. The highest BCUT2D eigenvalue weighted by atomic mass is 32.1. The van der Waals surface area contributed by atoms with Crippen LogP contribution in [0.4, 0.5) is 0 Å². The average molecular weight is 933 g/mol. The molecule has 7 heteroatoms. The van der Waals surface area contributed by atoms with Crippen LogP contribution < -0.4 is 0 Å². The minimum absolute atomic E-state index is 0.515. The van der Waals surface area contributed by atoms with Gasteiger partial charge in [-0.3, -0.25) is 4.57 Å². The van der Waals surface area contributed by atoms with Gasteiger partial charge in [-0.05, 0) is 87.8 Å². The van der Waals surface area contributed by atoms with Crippen molar-refractivity contribution >= 4 is 119 Å². The summed E-state index contributed by atoms with van der Waals surface area (Å²) in [5.74, 6) is 1.59. The molecule has 0 atom stereocenters. The van der Waals surface area contributed by atoms with Crippen molar-refractivity contribution < 1.29 is 8.83 Å². The lowest BCUT2D eigenvalue weighted by atomic mass is 9.99. The van der Waals surface area contributed by atoms with Crippen LogP contribution in [0.15, 0.2) is 216 Å². The quantitative estimate of drug-likeness (QED) is 0.164. The van der Waals surface area contributed by atoms with Crippen molar-refractivity contribution in [3.63, 3.8) is 0 Å². The maximum atomic E-state index is 6.41. The Morgan fingerprint density at radius 3 is 1.62 bits per heavy atom. The third kappa shape index (κ3) is 6.80. The highest BCUT2D eigenvalue weighted by molar-refractivity contribution is 7.26. The van der Waals surface area contributed by atoms with Crippen molar-refractivity contribution in [3.8, 4) is 39.9 Å². The fourth-order valence-corrected chi connectivity index (χ4v) is 11.5. The summed E-state index contributed by atoms with van der Waals surface area (Å²) in [7, 11) is 0. The van der Waals surface area contributed by atoms with Crippen LogP contribution in [0.5, 0.6) is 0 Å². The molecule has 0 fully saturated rings. The van der Waals surface area contributed by atoms with E-state index < -0.39 is 0 Å². The third-order valence-electron chi connectivity index (χ3n) is 13.4. The summed E-state index contributed by atoms with van der Waals surface area (Å²) in [6, 6.07) is 68.7. The van der Waals surface area contributed by atoms with Crippen molar-refractivity contribution in [2.45, 2.75) is 20.3 Å². The molecule has 6 nitrogen and oxygen atoms in total. The monoisotopic (exact) mass is 932 g/mol. The van der Waals surface area contributed by atoms with E-state index in [4.69, 9.17) is 23.8 Å². The van der Waals surface area contributed by atoms with Gasteiger partial charge in [-0.1, -0.05) is 154 Å². The fourth-order valence-electron chi connectivity index (χ4n) is 10.4. The first kappa shape index (κ1) is 42.2. The fraction of sp³-hybridized carbons (Fsp3) is 0.0469. The van der Waals surface area contributed by atoms with E-state index in [1.54, 1.807) is 0 Å². The molecule has 0 radical (unpaired) electrons. The van der Waals surface area contributed by atoms with E-state index in [-0.39, 0.29) is 0 Å². The molecule has 0 aliphatic carbocycles. The molecule has 71 heavy (non-hydrogen) atoms. The van der Waals surface area contributed by atoms with Crippen molar-refractivity contribution in [1.82, 2.24) is 19.5 Å². The van der Waals surface area contributed by atoms with Crippen molar-refractivity contribution in [2.75, 3.05) is 0 Å². The highest BCUT2D eigenvalue weighted by Gasteiger charge is 2.23. The van der Waals surface area contributed by atoms with Gasteiger partial charge in [0, 0.05) is 69.2 Å². The Labute approximate surface area is 412 Å². The van der Waals surface area contributed by atoms with Crippen LogP contribution in [0.3, 0.4) is 0 Å². The summed E-state index contributed by atoms with van der Waals surface area (Å²) in [5, 5.41) is 13.9. The SMILES string of the molecule is C=C.CCC.c1ccc2cc3c(cc2c1)c1cccc(-c2ccc4c(c2)sc2ccc5ccccc5c24)c1n3-c1nc(-c2ccc3c(c2)oc2ccccc23)nc(-c2ccc3c(c2)oc2ccccc23)n1. The normalized spacial score (nSPS) is 11.7. The van der Waals surface area contributed by atoms with Gasteiger partial charge in [0.25, 0.3) is 0 Å². The Kier molecular flexibility index (Phi) is 10.1. The summed E-state index contributed by atoms with van der Waals surface area (Å²) in [4.78, 5) is 16.1. The van der Waals surface area contributed by atoms with Gasteiger partial charge in [-0.15, -0.1) is 24.5 Å². The zero-order valence-corrected chi connectivity index (χ0v) is 39.9. The number of thiophene rings is 1. The van der Waals surface area contributed by atoms with Crippen LogP contribution in [-0.2, 0) is 0 Å². The van der Waals surface area contributed by atoms with Gasteiger partial charge in [0.05, 0.1) is 11.0 Å². The standard InChI is InChI=1S/C59H32N4O2S.C3H8.C2H4/c1-2-12-35-29-48-47(28-34(35)11-1)45-17-9-16-40(36-20-26-46-54(32-36)66-53-27-23-33-10-3-4-13-39(33)55(46)53)56(45)63(48)59-61-57(37-21-24-43-41-14-5-7-18-49(41)64-51(43)30-37)60-58(62-59)38-22-25-44-42-15-6-8-19-50(42)65-52(44)31-38;1-3-2;1-2/h1-32H;3H2,1-2H3;1-2H2. The summed E-state index contributed by atoms with van der Waals surface area (Å²) >= 11 is 1.85. The average Bonchev–Trinajstić information content (AvgIpc) is 4.19. The molecule has 0 amide bonds. The Morgan fingerprint density at radius 1 is 0.423 bits per heavy atom. The summed E-state index contributed by atoms with van der Waals surface area (Å²) in [6.07, 6.45) is 1.25. The second-order valence-corrected chi connectivity index (χ2v) is 18.9. The van der Waals surface area contributed by atoms with Gasteiger partial charge in [0.2, 0.25) is 5.95 Å². The first-order valence-corrected chi connectivity index (χ1v) is 24.8. The van der Waals surface area contributed by atoms with Crippen LogP contribution in [0, 0.1) is 0 Å². The first-order chi connectivity index (χ1) is 35.1. The van der Waals surface area contributed by atoms with Gasteiger partial charge < -0.3 is 8.83 Å². The maximum Gasteiger partial charge on any atom is 0.238 e. The number of furan rings is 2. The predicted molar refractivity (Wildman–Crippen MR) is 300 cm³/mol. The second-order valence-electron chi connectivity index (χ2n) is 17.8. The van der Waals surface area contributed by atoms with Crippen LogP contribution in [0.2, 0.25) is 0 Å². The van der Waals surface area contributed by atoms with Crippen LogP contribution in [0.1, 0.15) is 20.3 Å². The first-order valence-electron chi connectivity index (χ1n) is 24.0. The van der Waals surface area contributed by atoms with Gasteiger partial charge in [-0.25, -0.2) is 4.98 Å². The number of para-hydroxylation sites is 3. The van der Waals surface area contributed by atoms with Crippen LogP contribution >= 0.6 is 11.3 Å². The lowest BCUT2D eigenvalue weighted by Gasteiger charge is -2.13. The predicted octanol–water partition coefficient (Wildman–Crippen LogP) is 18.7. The molecule has 0 saturated heterocycles. The van der Waals surface area contributed by atoms with Crippen LogP contribution in [0.25, 0.3) is 147 Å². The molecular weight excluding hydrogens is 889 g/mol. The molecule has 15 rings (SSSR count). The summed E-state index contributed by atoms with van der Waals surface area (Å²) in [6.45, 7) is 10.2. The number of fused-ring (bicyclic) bond motifs is 15. The Hall–Kier alpha value is -8.91. The second kappa shape index (κ2) is 16.9. The number of hydrogen-bond acceptors (Lipinski definition) is 6. The molecule has 0 aliphatic rings. The zero-order valence-electron chi connectivity index (χ0n) is 39.1. The Morgan fingerprint density at radius 2 is 0.958 bits per heavy atom. The van der Waals surface area contributed by atoms with Gasteiger partial charge in [0.15, 0.2) is 11.6 Å². The number of rotatable bonds is 4. The van der Waals surface area contributed by atoms with Gasteiger partial charge >= 0.3 is 0 Å². The smallest absolute Gasteiger partial charge is 0.238 e. The highest BCUT2D eigenvalue weighted by Crippen LogP contribution is 2.44. The molecule has 0 spiro atoms. The summed E-state index contributed by atoms with van der Waals surface area (Å²) < 4.78 is 17.6. The molecule has 338 valence electrons. The molecule has 5 aromatic heterocycles. The molecule has 0 N–H and O–H groups in total. The van der Waals surface area contributed by atoms with Crippen molar-refractivity contribution in [3.05, 3.63) is 207 Å². The van der Waals surface area contributed by atoms with Crippen molar-refractivity contribution in [1.29, 1.82) is 0 Å². The number of nitrogens with zero attached hydrogens (tertiary/aromatic N) is 4. The van der Waals surface area contributed by atoms with E-state index in [1.807, 2.05) is 47.7 Å². The largest absolute Gasteiger partial charge is 0.456 e. The molecule has 15 aromatic rings. The Balaban J connectivity index is 0.000000951. The summed E-state index contributed by atoms with van der Waals surface area (Å²) in [5.41, 5.74) is 9.13. The van der Waals surface area contributed by atoms with Crippen LogP contribution in [-0.4, -0.2) is 19.5 Å². The van der Waals surface area contributed by atoms with E-state index in [2.05, 4.69) is 189 Å². The number of hydrogen-bond donors (Lipinski definition) is 0. The topological polar surface area (TPSA) is 69.9 Å². The molecule has 0 bridgehead atoms. The van der Waals surface area contributed by atoms with Gasteiger partial charge in [-0.2, -0.15) is 9.97 Å². The molecule has 0 saturated carbocycles.